The zero-order valence-corrected chi connectivity index (χ0v) is 22.8. The van der Waals surface area contributed by atoms with Crippen LogP contribution in [0, 0.1) is 5.41 Å². The number of nitrogens with zero attached hydrogens (tertiary/aromatic N) is 3. The summed E-state index contributed by atoms with van der Waals surface area (Å²) in [5.74, 6) is -0.381. The van der Waals surface area contributed by atoms with E-state index in [2.05, 4.69) is 20.2 Å². The summed E-state index contributed by atoms with van der Waals surface area (Å²) in [5, 5.41) is 14.0. The molecule has 2 heterocycles. The van der Waals surface area contributed by atoms with Crippen LogP contribution in [0.4, 0.5) is 26.3 Å². The summed E-state index contributed by atoms with van der Waals surface area (Å²) in [6, 6.07) is 2.98. The molecule has 1 aromatic carbocycles. The lowest BCUT2D eigenvalue weighted by Crippen LogP contribution is -2.53. The maximum absolute atomic E-state index is 13.5. The van der Waals surface area contributed by atoms with Crippen LogP contribution in [-0.2, 0) is 23.7 Å². The standard InChI is InChI=1S/C27H31ClF6N4O2/c1-24(2,40)25(23(39)35-14-16-9-18(26(29,30)31)11-19(10-16)27(32,33)34)6-3-20(13-25)38-7-4-17(5-8-38)21-12-22(28)37-15-36-21/h9-12,15,17,20,40H,3-8,13-14H2,1-2H3,(H,35,39)/t20-,25-/m1/s1. The van der Waals surface area contributed by atoms with Gasteiger partial charge in [-0.2, -0.15) is 26.3 Å². The molecule has 2 aliphatic rings. The molecule has 1 amide bonds. The molecule has 1 aromatic heterocycles. The first-order valence-corrected chi connectivity index (χ1v) is 13.4. The lowest BCUT2D eigenvalue weighted by molar-refractivity contribution is -0.147. The Kier molecular flexibility index (Phi) is 8.46. The van der Waals surface area contributed by atoms with Crippen molar-refractivity contribution >= 4 is 17.5 Å². The minimum Gasteiger partial charge on any atom is -0.389 e. The smallest absolute Gasteiger partial charge is 0.389 e. The van der Waals surface area contributed by atoms with Crippen LogP contribution in [-0.4, -0.2) is 50.6 Å². The van der Waals surface area contributed by atoms with Crippen LogP contribution in [0.5, 0.6) is 0 Å². The molecule has 1 saturated heterocycles. The maximum atomic E-state index is 13.5. The highest BCUT2D eigenvalue weighted by molar-refractivity contribution is 6.29. The molecule has 1 aliphatic carbocycles. The predicted molar refractivity (Wildman–Crippen MR) is 135 cm³/mol. The second-order valence-electron chi connectivity index (χ2n) is 11.2. The molecule has 40 heavy (non-hydrogen) atoms. The van der Waals surface area contributed by atoms with Gasteiger partial charge in [0.2, 0.25) is 5.91 Å². The summed E-state index contributed by atoms with van der Waals surface area (Å²) in [6.45, 7) is 3.95. The summed E-state index contributed by atoms with van der Waals surface area (Å²) in [4.78, 5) is 24.0. The number of halogens is 7. The number of hydrogen-bond acceptors (Lipinski definition) is 5. The molecule has 1 aliphatic heterocycles. The van der Waals surface area contributed by atoms with Crippen molar-refractivity contribution in [1.82, 2.24) is 20.2 Å². The van der Waals surface area contributed by atoms with E-state index >= 15 is 0 Å². The first kappa shape index (κ1) is 30.5. The minimum atomic E-state index is -4.99. The van der Waals surface area contributed by atoms with Crippen molar-refractivity contribution in [3.8, 4) is 0 Å². The number of carbonyl (C=O) groups is 1. The van der Waals surface area contributed by atoms with E-state index in [1.165, 1.54) is 20.2 Å². The van der Waals surface area contributed by atoms with Gasteiger partial charge in [0.15, 0.2) is 0 Å². The fourth-order valence-electron chi connectivity index (χ4n) is 5.97. The van der Waals surface area contributed by atoms with E-state index in [0.717, 1.165) is 31.6 Å². The van der Waals surface area contributed by atoms with Gasteiger partial charge >= 0.3 is 12.4 Å². The van der Waals surface area contributed by atoms with Crippen LogP contribution in [0.2, 0.25) is 5.15 Å². The fraction of sp³-hybridized carbons (Fsp3) is 0.593. The first-order chi connectivity index (χ1) is 18.5. The Hall–Kier alpha value is -2.44. The lowest BCUT2D eigenvalue weighted by atomic mass is 9.71. The molecule has 0 bridgehead atoms. The Bertz CT molecular complexity index is 1190. The molecule has 4 rings (SSSR count). The van der Waals surface area contributed by atoms with Gasteiger partial charge < -0.3 is 15.3 Å². The van der Waals surface area contributed by atoms with Crippen LogP contribution in [0.1, 0.15) is 74.3 Å². The van der Waals surface area contributed by atoms with Crippen LogP contribution in [0.25, 0.3) is 0 Å². The quantitative estimate of drug-likeness (QED) is 0.319. The third-order valence-corrected chi connectivity index (χ3v) is 8.52. The van der Waals surface area contributed by atoms with Gasteiger partial charge in [-0.3, -0.25) is 4.79 Å². The molecule has 2 fully saturated rings. The highest BCUT2D eigenvalue weighted by Gasteiger charge is 2.55. The normalized spacial score (nSPS) is 23.4. The van der Waals surface area contributed by atoms with Crippen molar-refractivity contribution in [1.29, 1.82) is 0 Å². The van der Waals surface area contributed by atoms with Crippen molar-refractivity contribution in [2.75, 3.05) is 13.1 Å². The second-order valence-corrected chi connectivity index (χ2v) is 11.6. The molecule has 6 nitrogen and oxygen atoms in total. The van der Waals surface area contributed by atoms with Gasteiger partial charge in [0.25, 0.3) is 0 Å². The Labute approximate surface area is 233 Å². The average Bonchev–Trinajstić information content (AvgIpc) is 3.33. The molecule has 2 aromatic rings. The molecular weight excluding hydrogens is 562 g/mol. The Balaban J connectivity index is 1.45. The van der Waals surface area contributed by atoms with Crippen molar-refractivity contribution in [2.45, 2.75) is 82.4 Å². The molecule has 0 radical (unpaired) electrons. The van der Waals surface area contributed by atoms with Crippen LogP contribution in [0.3, 0.4) is 0 Å². The van der Waals surface area contributed by atoms with Crippen molar-refractivity contribution < 1.29 is 36.2 Å². The number of rotatable bonds is 6. The molecule has 1 saturated carbocycles. The Morgan fingerprint density at radius 1 is 1.02 bits per heavy atom. The monoisotopic (exact) mass is 592 g/mol. The largest absolute Gasteiger partial charge is 0.416 e. The van der Waals surface area contributed by atoms with Gasteiger partial charge in [0.05, 0.1) is 22.1 Å². The molecule has 220 valence electrons. The zero-order chi connectivity index (χ0) is 29.5. The number of piperidine rings is 1. The van der Waals surface area contributed by atoms with Crippen molar-refractivity contribution in [3.63, 3.8) is 0 Å². The number of nitrogens with one attached hydrogen (secondary N) is 1. The number of amides is 1. The Morgan fingerprint density at radius 2 is 1.62 bits per heavy atom. The van der Waals surface area contributed by atoms with Gasteiger partial charge in [0.1, 0.15) is 11.5 Å². The highest BCUT2D eigenvalue weighted by atomic mass is 35.5. The number of carbonyl (C=O) groups excluding carboxylic acids is 1. The number of alkyl halides is 6. The van der Waals surface area contributed by atoms with Crippen LogP contribution >= 0.6 is 11.6 Å². The first-order valence-electron chi connectivity index (χ1n) is 13.0. The number of hydrogen-bond donors (Lipinski definition) is 2. The van der Waals surface area contributed by atoms with Gasteiger partial charge in [0, 0.05) is 24.2 Å². The number of aromatic nitrogens is 2. The van der Waals surface area contributed by atoms with Crippen molar-refractivity contribution in [3.05, 3.63) is 58.1 Å². The topological polar surface area (TPSA) is 78.4 Å². The number of benzene rings is 1. The minimum absolute atomic E-state index is 0.0162. The van der Waals surface area contributed by atoms with Gasteiger partial charge in [-0.15, -0.1) is 0 Å². The van der Waals surface area contributed by atoms with Gasteiger partial charge in [-0.05, 0) is 88.9 Å². The highest BCUT2D eigenvalue weighted by Crippen LogP contribution is 2.49. The summed E-state index contributed by atoms with van der Waals surface area (Å²) in [6.07, 6.45) is -5.65. The second kappa shape index (κ2) is 11.1. The third-order valence-electron chi connectivity index (χ3n) is 8.31. The van der Waals surface area contributed by atoms with E-state index in [1.54, 1.807) is 6.07 Å². The average molecular weight is 593 g/mol. The van der Waals surface area contributed by atoms with Crippen LogP contribution in [0.15, 0.2) is 30.6 Å². The number of likely N-dealkylation sites (tertiary alicyclic amines) is 1. The van der Waals surface area contributed by atoms with Gasteiger partial charge in [-0.25, -0.2) is 9.97 Å². The summed E-state index contributed by atoms with van der Waals surface area (Å²) < 4.78 is 79.5. The third kappa shape index (κ3) is 6.54. The Morgan fingerprint density at radius 3 is 2.15 bits per heavy atom. The van der Waals surface area contributed by atoms with Gasteiger partial charge in [-0.1, -0.05) is 11.6 Å². The van der Waals surface area contributed by atoms with E-state index in [1.807, 2.05) is 0 Å². The zero-order valence-electron chi connectivity index (χ0n) is 22.0. The summed E-state index contributed by atoms with van der Waals surface area (Å²) >= 11 is 6.00. The van der Waals surface area contributed by atoms with E-state index in [9.17, 15) is 36.2 Å². The van der Waals surface area contributed by atoms with E-state index in [0.29, 0.717) is 36.5 Å². The molecule has 2 N–H and O–H groups in total. The molecule has 0 spiro atoms. The van der Waals surface area contributed by atoms with E-state index in [4.69, 9.17) is 11.6 Å². The van der Waals surface area contributed by atoms with Crippen LogP contribution < -0.4 is 5.32 Å². The van der Waals surface area contributed by atoms with Crippen molar-refractivity contribution in [2.24, 2.45) is 5.41 Å². The molecule has 13 heteroatoms. The maximum Gasteiger partial charge on any atom is 0.416 e. The lowest BCUT2D eigenvalue weighted by Gasteiger charge is -2.41. The SMILES string of the molecule is CC(C)(O)[C@]1(C(=O)NCc2cc(C(F)(F)F)cc(C(F)(F)F)c2)CC[C@@H](N2CCC(c3cc(Cl)ncn3)CC2)C1. The fourth-order valence-corrected chi connectivity index (χ4v) is 6.13. The number of aliphatic hydroxyl groups is 1. The molecule has 2 atom stereocenters. The molecular formula is C27H31ClF6N4O2. The predicted octanol–water partition coefficient (Wildman–Crippen LogP) is 5.97. The van der Waals surface area contributed by atoms with E-state index in [-0.39, 0.29) is 23.6 Å². The summed E-state index contributed by atoms with van der Waals surface area (Å²) in [5.41, 5.74) is -5.09. The van der Waals surface area contributed by atoms with E-state index < -0.39 is 46.9 Å². The molecule has 0 unspecified atom stereocenters. The summed E-state index contributed by atoms with van der Waals surface area (Å²) in [7, 11) is 0.